The van der Waals surface area contributed by atoms with Crippen molar-refractivity contribution in [2.24, 2.45) is 5.92 Å². The van der Waals surface area contributed by atoms with Crippen LogP contribution in [0.2, 0.25) is 0 Å². The third kappa shape index (κ3) is 4.02. The molecule has 4 heteroatoms. The van der Waals surface area contributed by atoms with Gasteiger partial charge in [-0.05, 0) is 66.7 Å². The van der Waals surface area contributed by atoms with E-state index in [-0.39, 0.29) is 17.8 Å². The number of hydrogen-bond acceptors (Lipinski definition) is 1. The van der Waals surface area contributed by atoms with Crippen LogP contribution in [0.25, 0.3) is 6.08 Å². The number of epoxide rings is 1. The van der Waals surface area contributed by atoms with Crippen LogP contribution in [0.5, 0.6) is 0 Å². The van der Waals surface area contributed by atoms with Crippen molar-refractivity contribution in [3.05, 3.63) is 76.1 Å². The molecule has 28 heavy (non-hydrogen) atoms. The second-order valence-corrected chi connectivity index (χ2v) is 7.87. The van der Waals surface area contributed by atoms with Crippen molar-refractivity contribution in [2.45, 2.75) is 51.0 Å². The van der Waals surface area contributed by atoms with Gasteiger partial charge in [0.1, 0.15) is 11.9 Å². The van der Waals surface area contributed by atoms with E-state index in [4.69, 9.17) is 4.74 Å². The van der Waals surface area contributed by atoms with Gasteiger partial charge < -0.3 is 4.74 Å². The number of rotatable bonds is 5. The Hall–Kier alpha value is -2.07. The first-order chi connectivity index (χ1) is 13.6. The maximum Gasteiger partial charge on any atom is 0.165 e. The van der Waals surface area contributed by atoms with Crippen molar-refractivity contribution >= 4 is 6.08 Å². The summed E-state index contributed by atoms with van der Waals surface area (Å²) in [5.74, 6) is -1.18. The van der Waals surface area contributed by atoms with Crippen LogP contribution in [-0.4, -0.2) is 6.61 Å². The Morgan fingerprint density at radius 3 is 2.29 bits per heavy atom. The highest BCUT2D eigenvalue weighted by atomic mass is 19.2. The van der Waals surface area contributed by atoms with Gasteiger partial charge in [-0.2, -0.15) is 0 Å². The summed E-state index contributed by atoms with van der Waals surface area (Å²) in [6.07, 6.45) is 8.00. The Morgan fingerprint density at radius 2 is 1.64 bits per heavy atom. The van der Waals surface area contributed by atoms with Crippen LogP contribution < -0.4 is 0 Å². The van der Waals surface area contributed by atoms with Gasteiger partial charge in [0.25, 0.3) is 0 Å². The molecule has 1 aliphatic heterocycles. The molecule has 2 fully saturated rings. The van der Waals surface area contributed by atoms with E-state index in [0.29, 0.717) is 30.1 Å². The molecule has 1 saturated heterocycles. The number of benzene rings is 2. The second kappa shape index (κ2) is 8.12. The zero-order valence-electron chi connectivity index (χ0n) is 16.1. The average molecular weight is 386 g/mol. The molecule has 0 bridgehead atoms. The summed E-state index contributed by atoms with van der Waals surface area (Å²) in [6, 6.07) is 8.75. The minimum absolute atomic E-state index is 0.0506. The summed E-state index contributed by atoms with van der Waals surface area (Å²) in [5, 5.41) is 0. The summed E-state index contributed by atoms with van der Waals surface area (Å²) in [4.78, 5) is 0. The number of ether oxygens (including phenoxy) is 1. The third-order valence-corrected chi connectivity index (χ3v) is 6.05. The summed E-state index contributed by atoms with van der Waals surface area (Å²) in [5.41, 5.74) is 2.41. The van der Waals surface area contributed by atoms with Crippen LogP contribution >= 0.6 is 0 Å². The van der Waals surface area contributed by atoms with Crippen LogP contribution in [0.3, 0.4) is 0 Å². The molecular weight excluding hydrogens is 361 g/mol. The molecule has 2 aromatic carbocycles. The first-order valence-electron chi connectivity index (χ1n) is 10.1. The van der Waals surface area contributed by atoms with E-state index in [1.54, 1.807) is 18.2 Å². The minimum atomic E-state index is -0.750. The molecule has 0 amide bonds. The summed E-state index contributed by atoms with van der Waals surface area (Å²) in [6.45, 7) is 2.41. The fourth-order valence-electron chi connectivity index (χ4n) is 4.19. The van der Waals surface area contributed by atoms with E-state index in [9.17, 15) is 13.2 Å². The Bertz CT molecular complexity index is 878. The van der Waals surface area contributed by atoms with Gasteiger partial charge in [-0.1, -0.05) is 43.3 Å². The van der Waals surface area contributed by atoms with Gasteiger partial charge in [0.05, 0.1) is 6.61 Å². The number of hydrogen-bond donors (Lipinski definition) is 0. The molecule has 1 nitrogen and oxygen atoms in total. The van der Waals surface area contributed by atoms with Crippen molar-refractivity contribution < 1.29 is 17.9 Å². The van der Waals surface area contributed by atoms with Crippen LogP contribution in [-0.2, 0) is 11.2 Å². The maximum atomic E-state index is 14.5. The maximum absolute atomic E-state index is 14.5. The number of aryl methyl sites for hydroxylation is 1. The number of halogens is 3. The molecule has 2 aliphatic rings. The molecular formula is C24H25F3O. The molecule has 0 spiro atoms. The lowest BCUT2D eigenvalue weighted by Gasteiger charge is -2.27. The Morgan fingerprint density at radius 1 is 0.964 bits per heavy atom. The molecule has 2 aromatic rings. The van der Waals surface area contributed by atoms with Crippen LogP contribution in [0, 0.1) is 23.4 Å². The fourth-order valence-corrected chi connectivity index (χ4v) is 4.19. The molecule has 1 saturated carbocycles. The zero-order chi connectivity index (χ0) is 19.7. The van der Waals surface area contributed by atoms with Gasteiger partial charge >= 0.3 is 0 Å². The van der Waals surface area contributed by atoms with E-state index >= 15 is 0 Å². The summed E-state index contributed by atoms with van der Waals surface area (Å²) in [7, 11) is 0. The zero-order valence-corrected chi connectivity index (χ0v) is 16.1. The van der Waals surface area contributed by atoms with Crippen LogP contribution in [0.15, 0.2) is 36.4 Å². The summed E-state index contributed by atoms with van der Waals surface area (Å²) >= 11 is 0. The summed E-state index contributed by atoms with van der Waals surface area (Å²) < 4.78 is 47.8. The number of allylic oxidation sites excluding steroid dienone is 1. The van der Waals surface area contributed by atoms with Gasteiger partial charge in [-0.3, -0.25) is 0 Å². The van der Waals surface area contributed by atoms with Gasteiger partial charge in [0, 0.05) is 5.56 Å². The Labute approximate surface area is 164 Å². The standard InChI is InChI=1S/C24H25F3O/c1-2-17-8-7-16(13-21(17)25)4-3-15-5-9-18(10-6-15)19-11-12-20(22-14-28-22)24(27)23(19)26/h3-4,7-8,11-13,15,18,22H,2,5-6,9-10,14H2,1H3/b4-3+. The quantitative estimate of drug-likeness (QED) is 0.519. The SMILES string of the molecule is CCc1ccc(/C=C/C2CCC(c3ccc(C4CO4)c(F)c3F)CC2)cc1F. The van der Waals surface area contributed by atoms with Crippen molar-refractivity contribution in [1.82, 2.24) is 0 Å². The van der Waals surface area contributed by atoms with E-state index < -0.39 is 11.6 Å². The van der Waals surface area contributed by atoms with E-state index in [0.717, 1.165) is 36.8 Å². The monoisotopic (exact) mass is 386 g/mol. The second-order valence-electron chi connectivity index (χ2n) is 7.87. The Balaban J connectivity index is 1.38. The smallest absolute Gasteiger partial charge is 0.165 e. The normalized spacial score (nSPS) is 24.6. The molecule has 1 unspecified atom stereocenters. The van der Waals surface area contributed by atoms with E-state index in [1.807, 2.05) is 25.1 Å². The molecule has 1 atom stereocenters. The molecule has 1 aliphatic carbocycles. The van der Waals surface area contributed by atoms with Gasteiger partial charge in [0.15, 0.2) is 11.6 Å². The topological polar surface area (TPSA) is 12.5 Å². The third-order valence-electron chi connectivity index (χ3n) is 6.05. The first kappa shape index (κ1) is 19.3. The predicted molar refractivity (Wildman–Crippen MR) is 105 cm³/mol. The highest BCUT2D eigenvalue weighted by Crippen LogP contribution is 2.40. The highest BCUT2D eigenvalue weighted by molar-refractivity contribution is 5.50. The fraction of sp³-hybridized carbons (Fsp3) is 0.417. The van der Waals surface area contributed by atoms with Crippen molar-refractivity contribution in [3.8, 4) is 0 Å². The average Bonchev–Trinajstić information content (AvgIpc) is 3.54. The molecule has 0 N–H and O–H groups in total. The lowest BCUT2D eigenvalue weighted by molar-refractivity contribution is 0.361. The van der Waals surface area contributed by atoms with Crippen molar-refractivity contribution in [3.63, 3.8) is 0 Å². The van der Waals surface area contributed by atoms with Crippen molar-refractivity contribution in [2.75, 3.05) is 6.61 Å². The predicted octanol–water partition coefficient (Wildman–Crippen LogP) is 6.72. The molecule has 148 valence electrons. The van der Waals surface area contributed by atoms with Crippen LogP contribution in [0.4, 0.5) is 13.2 Å². The molecule has 1 heterocycles. The largest absolute Gasteiger partial charge is 0.368 e. The van der Waals surface area contributed by atoms with Gasteiger partial charge in [-0.15, -0.1) is 0 Å². The molecule has 4 rings (SSSR count). The van der Waals surface area contributed by atoms with Crippen molar-refractivity contribution in [1.29, 1.82) is 0 Å². The van der Waals surface area contributed by atoms with Gasteiger partial charge in [0.2, 0.25) is 0 Å². The Kier molecular flexibility index (Phi) is 5.58. The molecule has 0 radical (unpaired) electrons. The lowest BCUT2D eigenvalue weighted by atomic mass is 9.78. The molecule has 0 aromatic heterocycles. The van der Waals surface area contributed by atoms with E-state index in [2.05, 4.69) is 6.08 Å². The first-order valence-corrected chi connectivity index (χ1v) is 10.1. The highest BCUT2D eigenvalue weighted by Gasteiger charge is 2.32. The lowest BCUT2D eigenvalue weighted by Crippen LogP contribution is -2.14. The van der Waals surface area contributed by atoms with Gasteiger partial charge in [-0.25, -0.2) is 13.2 Å². The van der Waals surface area contributed by atoms with E-state index in [1.165, 1.54) is 0 Å². The van der Waals surface area contributed by atoms with Crippen LogP contribution in [0.1, 0.15) is 66.9 Å². The minimum Gasteiger partial charge on any atom is -0.368 e.